The number of rotatable bonds is 7. The van der Waals surface area contributed by atoms with E-state index in [0.29, 0.717) is 26.7 Å². The van der Waals surface area contributed by atoms with Gasteiger partial charge in [-0.15, -0.1) is 0 Å². The van der Waals surface area contributed by atoms with Crippen LogP contribution in [0.4, 0.5) is 8.78 Å². The number of alkyl halides is 2. The van der Waals surface area contributed by atoms with E-state index in [9.17, 15) is 13.6 Å². The third kappa shape index (κ3) is 4.69. The molecule has 0 unspecified atom stereocenters. The van der Waals surface area contributed by atoms with Crippen molar-refractivity contribution in [2.75, 3.05) is 14.2 Å². The number of carbonyl (C=O) groups excluding carboxylic acids is 1. The number of benzene rings is 1. The van der Waals surface area contributed by atoms with E-state index in [4.69, 9.17) is 25.8 Å². The second kappa shape index (κ2) is 8.48. The first-order valence-electron chi connectivity index (χ1n) is 7.02. The first-order chi connectivity index (χ1) is 12.0. The second-order valence-electron chi connectivity index (χ2n) is 4.71. The van der Waals surface area contributed by atoms with Crippen LogP contribution < -0.4 is 9.47 Å². The standard InChI is InChI=1S/C16H15ClF2N2O4/c1-23-12-8-10(7-11(17)15(12)24-2)3-4-14(22)25-9-13-20-5-6-21(13)16(18)19/h3-8,16H,9H2,1-2H3/b4-3+. The molecule has 134 valence electrons. The minimum absolute atomic E-state index is 0.0501. The number of imidazole rings is 1. The second-order valence-corrected chi connectivity index (χ2v) is 5.11. The van der Waals surface area contributed by atoms with Crippen molar-refractivity contribution in [3.63, 3.8) is 0 Å². The van der Waals surface area contributed by atoms with Gasteiger partial charge in [0.15, 0.2) is 17.3 Å². The molecule has 0 bridgehead atoms. The zero-order valence-electron chi connectivity index (χ0n) is 13.4. The summed E-state index contributed by atoms with van der Waals surface area (Å²) < 4.78 is 41.1. The van der Waals surface area contributed by atoms with Gasteiger partial charge in [0.2, 0.25) is 0 Å². The monoisotopic (exact) mass is 372 g/mol. The van der Waals surface area contributed by atoms with Gasteiger partial charge < -0.3 is 14.2 Å². The maximum Gasteiger partial charge on any atom is 0.331 e. The number of methoxy groups -OCH3 is 2. The summed E-state index contributed by atoms with van der Waals surface area (Å²) in [6.07, 6.45) is 4.91. The van der Waals surface area contributed by atoms with Crippen LogP contribution in [0.5, 0.6) is 11.5 Å². The molecular formula is C16H15ClF2N2O4. The van der Waals surface area contributed by atoms with Crippen LogP contribution in [0.15, 0.2) is 30.6 Å². The van der Waals surface area contributed by atoms with Crippen molar-refractivity contribution in [2.24, 2.45) is 0 Å². The Balaban J connectivity index is 2.03. The molecule has 0 saturated carbocycles. The Kier molecular flexibility index (Phi) is 6.35. The van der Waals surface area contributed by atoms with Crippen molar-refractivity contribution < 1.29 is 27.8 Å². The molecule has 0 fully saturated rings. The van der Waals surface area contributed by atoms with Gasteiger partial charge in [0.1, 0.15) is 6.61 Å². The minimum Gasteiger partial charge on any atom is -0.493 e. The largest absolute Gasteiger partial charge is 0.493 e. The number of aromatic nitrogens is 2. The SMILES string of the molecule is COc1cc(/C=C/C(=O)OCc2nccn2C(F)F)cc(Cl)c1OC. The number of halogens is 3. The summed E-state index contributed by atoms with van der Waals surface area (Å²) in [7, 11) is 2.92. The van der Waals surface area contributed by atoms with Crippen LogP contribution >= 0.6 is 11.6 Å². The molecule has 0 N–H and O–H groups in total. The third-order valence-corrected chi connectivity index (χ3v) is 3.45. The van der Waals surface area contributed by atoms with Crippen molar-refractivity contribution >= 4 is 23.6 Å². The van der Waals surface area contributed by atoms with E-state index in [1.54, 1.807) is 12.1 Å². The smallest absolute Gasteiger partial charge is 0.331 e. The average Bonchev–Trinajstić information content (AvgIpc) is 3.06. The summed E-state index contributed by atoms with van der Waals surface area (Å²) in [6, 6.07) is 3.20. The van der Waals surface area contributed by atoms with Crippen LogP contribution in [0.25, 0.3) is 6.08 Å². The summed E-state index contributed by atoms with van der Waals surface area (Å²) in [5.41, 5.74) is 0.577. The highest BCUT2D eigenvalue weighted by Crippen LogP contribution is 2.36. The first-order valence-corrected chi connectivity index (χ1v) is 7.40. The molecule has 1 heterocycles. The fraction of sp³-hybridized carbons (Fsp3) is 0.250. The molecule has 2 rings (SSSR count). The molecule has 0 aliphatic heterocycles. The predicted octanol–water partition coefficient (Wildman–Crippen LogP) is 3.71. The lowest BCUT2D eigenvalue weighted by molar-refractivity contribution is -0.139. The molecule has 0 aliphatic rings. The fourth-order valence-electron chi connectivity index (χ4n) is 2.02. The molecule has 0 saturated heterocycles. The molecule has 0 amide bonds. The maximum absolute atomic E-state index is 12.7. The summed E-state index contributed by atoms with van der Waals surface area (Å²) in [6.45, 7) is -3.12. The van der Waals surface area contributed by atoms with Crippen molar-refractivity contribution in [1.29, 1.82) is 0 Å². The molecule has 6 nitrogen and oxygen atoms in total. The van der Waals surface area contributed by atoms with Crippen molar-refractivity contribution in [1.82, 2.24) is 9.55 Å². The highest BCUT2D eigenvalue weighted by atomic mass is 35.5. The number of esters is 1. The zero-order chi connectivity index (χ0) is 18.4. The van der Waals surface area contributed by atoms with Crippen molar-refractivity contribution in [3.8, 4) is 11.5 Å². The number of hydrogen-bond donors (Lipinski definition) is 0. The fourth-order valence-corrected chi connectivity index (χ4v) is 2.31. The van der Waals surface area contributed by atoms with Gasteiger partial charge in [0.05, 0.1) is 19.2 Å². The molecule has 0 aliphatic carbocycles. The molecule has 2 aromatic rings. The molecule has 1 aromatic carbocycles. The van der Waals surface area contributed by atoms with Gasteiger partial charge in [-0.05, 0) is 23.8 Å². The zero-order valence-corrected chi connectivity index (χ0v) is 14.2. The Labute approximate surface area is 147 Å². The minimum atomic E-state index is -2.75. The molecular weight excluding hydrogens is 358 g/mol. The molecule has 25 heavy (non-hydrogen) atoms. The lowest BCUT2D eigenvalue weighted by Crippen LogP contribution is -2.08. The summed E-state index contributed by atoms with van der Waals surface area (Å²) in [4.78, 5) is 15.4. The average molecular weight is 373 g/mol. The number of carbonyl (C=O) groups is 1. The van der Waals surface area contributed by atoms with Gasteiger partial charge in [-0.2, -0.15) is 8.78 Å². The summed E-state index contributed by atoms with van der Waals surface area (Å²) >= 11 is 6.07. The van der Waals surface area contributed by atoms with Gasteiger partial charge in [0.25, 0.3) is 0 Å². The Morgan fingerprint density at radius 2 is 2.12 bits per heavy atom. The molecule has 0 spiro atoms. The highest BCUT2D eigenvalue weighted by molar-refractivity contribution is 6.32. The van der Waals surface area contributed by atoms with E-state index < -0.39 is 12.5 Å². The van der Waals surface area contributed by atoms with E-state index in [1.807, 2.05) is 0 Å². The lowest BCUT2D eigenvalue weighted by Gasteiger charge is -2.10. The molecule has 0 atom stereocenters. The Bertz CT molecular complexity index is 777. The van der Waals surface area contributed by atoms with Crippen LogP contribution in [-0.4, -0.2) is 29.7 Å². The van der Waals surface area contributed by atoms with Gasteiger partial charge in [0, 0.05) is 18.5 Å². The van der Waals surface area contributed by atoms with E-state index in [2.05, 4.69) is 4.98 Å². The lowest BCUT2D eigenvalue weighted by atomic mass is 10.2. The molecule has 9 heteroatoms. The normalized spacial score (nSPS) is 11.1. The first kappa shape index (κ1) is 18.7. The van der Waals surface area contributed by atoms with Gasteiger partial charge in [-0.1, -0.05) is 11.6 Å². The van der Waals surface area contributed by atoms with Gasteiger partial charge in [-0.25, -0.2) is 9.78 Å². The van der Waals surface area contributed by atoms with Gasteiger partial charge >= 0.3 is 12.5 Å². The Morgan fingerprint density at radius 1 is 1.36 bits per heavy atom. The summed E-state index contributed by atoms with van der Waals surface area (Å²) in [5, 5.41) is 0.314. The van der Waals surface area contributed by atoms with E-state index >= 15 is 0 Å². The van der Waals surface area contributed by atoms with Crippen molar-refractivity contribution in [3.05, 3.63) is 47.0 Å². The van der Waals surface area contributed by atoms with E-state index in [-0.39, 0.29) is 12.4 Å². The third-order valence-electron chi connectivity index (χ3n) is 3.17. The van der Waals surface area contributed by atoms with Crippen LogP contribution in [-0.2, 0) is 16.1 Å². The van der Waals surface area contributed by atoms with Crippen LogP contribution in [0.1, 0.15) is 17.9 Å². The molecule has 0 radical (unpaired) electrons. The van der Waals surface area contributed by atoms with E-state index in [1.165, 1.54) is 26.5 Å². The van der Waals surface area contributed by atoms with Crippen molar-refractivity contribution in [2.45, 2.75) is 13.2 Å². The molecule has 1 aromatic heterocycles. The van der Waals surface area contributed by atoms with E-state index in [0.717, 1.165) is 12.3 Å². The summed E-state index contributed by atoms with van der Waals surface area (Å²) in [5.74, 6) is 0.0188. The topological polar surface area (TPSA) is 62.6 Å². The van der Waals surface area contributed by atoms with Gasteiger partial charge in [-0.3, -0.25) is 4.57 Å². The van der Waals surface area contributed by atoms with Crippen LogP contribution in [0.3, 0.4) is 0 Å². The maximum atomic E-state index is 12.7. The quantitative estimate of drug-likeness (QED) is 0.547. The Hall–Kier alpha value is -2.61. The number of ether oxygens (including phenoxy) is 3. The number of nitrogens with zero attached hydrogens (tertiary/aromatic N) is 2. The Morgan fingerprint density at radius 3 is 2.76 bits per heavy atom. The highest BCUT2D eigenvalue weighted by Gasteiger charge is 2.13. The van der Waals surface area contributed by atoms with Crippen LogP contribution in [0.2, 0.25) is 5.02 Å². The predicted molar refractivity (Wildman–Crippen MR) is 86.9 cm³/mol. The van der Waals surface area contributed by atoms with Crippen LogP contribution in [0, 0.1) is 0 Å². The number of hydrogen-bond acceptors (Lipinski definition) is 5.